The third kappa shape index (κ3) is 4.47. The molecule has 1 aliphatic heterocycles. The number of halogens is 1. The first kappa shape index (κ1) is 24.7. The van der Waals surface area contributed by atoms with Crippen molar-refractivity contribution in [1.82, 2.24) is 19.7 Å². The maximum atomic E-state index is 14.0. The maximum absolute atomic E-state index is 14.0. The molecule has 3 aliphatic rings. The van der Waals surface area contributed by atoms with Gasteiger partial charge in [-0.15, -0.1) is 0 Å². The monoisotopic (exact) mass is 493 g/mol. The highest BCUT2D eigenvalue weighted by molar-refractivity contribution is 5.95. The summed E-state index contributed by atoms with van der Waals surface area (Å²) in [6.07, 6.45) is 9.70. The number of benzene rings is 1. The van der Waals surface area contributed by atoms with E-state index in [9.17, 15) is 14.0 Å². The average Bonchev–Trinajstić information content (AvgIpc) is 3.08. The SMILES string of the molecule is CN(C)C1(c2ccccc2)CCC2(CC1)CN(CC(=O)Nc1ccncc1F)C(=O)N2CC1CCC1. The number of hydrogen-bond acceptors (Lipinski definition) is 4. The normalized spacial score (nSPS) is 26.5. The number of pyridine rings is 1. The summed E-state index contributed by atoms with van der Waals surface area (Å²) < 4.78 is 14.0. The van der Waals surface area contributed by atoms with E-state index in [0.29, 0.717) is 12.5 Å². The summed E-state index contributed by atoms with van der Waals surface area (Å²) in [4.78, 5) is 36.2. The molecule has 5 rings (SSSR count). The first-order chi connectivity index (χ1) is 17.3. The van der Waals surface area contributed by atoms with Crippen molar-refractivity contribution in [1.29, 1.82) is 0 Å². The maximum Gasteiger partial charge on any atom is 0.321 e. The second-order valence-corrected chi connectivity index (χ2v) is 11.0. The molecule has 3 amide bonds. The van der Waals surface area contributed by atoms with Gasteiger partial charge in [-0.25, -0.2) is 9.18 Å². The smallest absolute Gasteiger partial charge is 0.321 e. The lowest BCUT2D eigenvalue weighted by Gasteiger charge is -2.51. The van der Waals surface area contributed by atoms with Crippen LogP contribution in [0.5, 0.6) is 0 Å². The summed E-state index contributed by atoms with van der Waals surface area (Å²) in [5, 5.41) is 2.60. The molecular formula is C28H36FN5O2. The third-order valence-corrected chi connectivity index (χ3v) is 8.78. The van der Waals surface area contributed by atoms with E-state index in [-0.39, 0.29) is 29.3 Å². The van der Waals surface area contributed by atoms with Crippen LogP contribution in [-0.2, 0) is 10.3 Å². The molecule has 36 heavy (non-hydrogen) atoms. The molecule has 3 fully saturated rings. The first-order valence-corrected chi connectivity index (χ1v) is 13.0. The fraction of sp³-hybridized carbons (Fsp3) is 0.536. The van der Waals surface area contributed by atoms with E-state index in [2.05, 4.69) is 58.5 Å². The summed E-state index contributed by atoms with van der Waals surface area (Å²) >= 11 is 0. The Morgan fingerprint density at radius 2 is 1.86 bits per heavy atom. The van der Waals surface area contributed by atoms with Crippen LogP contribution in [0.25, 0.3) is 0 Å². The minimum Gasteiger partial charge on any atom is -0.322 e. The van der Waals surface area contributed by atoms with Crippen LogP contribution in [0.2, 0.25) is 0 Å². The Morgan fingerprint density at radius 1 is 1.14 bits per heavy atom. The second-order valence-electron chi connectivity index (χ2n) is 11.0. The molecule has 0 bridgehead atoms. The topological polar surface area (TPSA) is 68.8 Å². The van der Waals surface area contributed by atoms with Gasteiger partial charge in [-0.3, -0.25) is 14.7 Å². The number of carbonyl (C=O) groups is 2. The van der Waals surface area contributed by atoms with Crippen LogP contribution in [0.4, 0.5) is 14.9 Å². The Balaban J connectivity index is 1.35. The number of amides is 3. The van der Waals surface area contributed by atoms with Gasteiger partial charge in [0.15, 0.2) is 5.82 Å². The van der Waals surface area contributed by atoms with Gasteiger partial charge in [0.25, 0.3) is 0 Å². The van der Waals surface area contributed by atoms with E-state index in [1.165, 1.54) is 24.2 Å². The van der Waals surface area contributed by atoms with Crippen molar-refractivity contribution in [3.63, 3.8) is 0 Å². The molecular weight excluding hydrogens is 457 g/mol. The lowest BCUT2D eigenvalue weighted by Crippen LogP contribution is -2.56. The fourth-order valence-electron chi connectivity index (χ4n) is 6.35. The van der Waals surface area contributed by atoms with Crippen molar-refractivity contribution >= 4 is 17.6 Å². The van der Waals surface area contributed by atoms with Crippen molar-refractivity contribution in [2.75, 3.05) is 39.0 Å². The van der Waals surface area contributed by atoms with Crippen molar-refractivity contribution < 1.29 is 14.0 Å². The molecule has 1 saturated heterocycles. The van der Waals surface area contributed by atoms with Crippen molar-refractivity contribution in [3.05, 3.63) is 60.2 Å². The number of hydrogen-bond donors (Lipinski definition) is 1. The number of anilines is 1. The van der Waals surface area contributed by atoms with Crippen molar-refractivity contribution in [2.45, 2.75) is 56.0 Å². The third-order valence-electron chi connectivity index (χ3n) is 8.78. The summed E-state index contributed by atoms with van der Waals surface area (Å²) in [5.74, 6) is -0.438. The molecule has 1 N–H and O–H groups in total. The molecule has 192 valence electrons. The number of urea groups is 1. The van der Waals surface area contributed by atoms with E-state index in [1.807, 2.05) is 6.07 Å². The number of nitrogens with zero attached hydrogens (tertiary/aromatic N) is 4. The predicted octanol–water partition coefficient (Wildman–Crippen LogP) is 4.47. The van der Waals surface area contributed by atoms with Crippen molar-refractivity contribution in [2.24, 2.45) is 5.92 Å². The number of rotatable bonds is 7. The Kier molecular flexibility index (Phi) is 6.72. The second kappa shape index (κ2) is 9.81. The van der Waals surface area contributed by atoms with Gasteiger partial charge in [-0.2, -0.15) is 0 Å². The predicted molar refractivity (Wildman–Crippen MR) is 137 cm³/mol. The Labute approximate surface area is 212 Å². The molecule has 2 saturated carbocycles. The number of carbonyl (C=O) groups excluding carboxylic acids is 2. The van der Waals surface area contributed by atoms with Gasteiger partial charge in [0, 0.05) is 24.8 Å². The minimum absolute atomic E-state index is 0.0654. The lowest BCUT2D eigenvalue weighted by molar-refractivity contribution is -0.116. The Morgan fingerprint density at radius 3 is 2.47 bits per heavy atom. The van der Waals surface area contributed by atoms with Crippen LogP contribution in [-0.4, -0.2) is 70.9 Å². The lowest BCUT2D eigenvalue weighted by atomic mass is 9.68. The largest absolute Gasteiger partial charge is 0.322 e. The van der Waals surface area contributed by atoms with Gasteiger partial charge >= 0.3 is 6.03 Å². The Hall–Kier alpha value is -3.00. The minimum atomic E-state index is -0.588. The van der Waals surface area contributed by atoms with Crippen LogP contribution in [0.3, 0.4) is 0 Å². The fourth-order valence-corrected chi connectivity index (χ4v) is 6.35. The van der Waals surface area contributed by atoms with E-state index < -0.39 is 11.7 Å². The molecule has 7 nitrogen and oxygen atoms in total. The van der Waals surface area contributed by atoms with Crippen LogP contribution in [0.15, 0.2) is 48.8 Å². The van der Waals surface area contributed by atoms with Gasteiger partial charge in [0.1, 0.15) is 6.54 Å². The molecule has 1 spiro atoms. The molecule has 0 unspecified atom stereocenters. The molecule has 2 aromatic rings. The summed E-state index contributed by atoms with van der Waals surface area (Å²) in [5.41, 5.74) is 1.05. The number of aromatic nitrogens is 1. The van der Waals surface area contributed by atoms with Crippen molar-refractivity contribution in [3.8, 4) is 0 Å². The van der Waals surface area contributed by atoms with Gasteiger partial charge < -0.3 is 15.1 Å². The highest BCUT2D eigenvalue weighted by atomic mass is 19.1. The summed E-state index contributed by atoms with van der Waals surface area (Å²) in [6.45, 7) is 1.21. The molecule has 0 radical (unpaired) electrons. The zero-order chi connectivity index (χ0) is 25.3. The summed E-state index contributed by atoms with van der Waals surface area (Å²) in [6, 6.07) is 12.0. The van der Waals surface area contributed by atoms with Crippen LogP contribution in [0.1, 0.15) is 50.5 Å². The van der Waals surface area contributed by atoms with Gasteiger partial charge in [0.05, 0.1) is 17.4 Å². The Bertz CT molecular complexity index is 1100. The first-order valence-electron chi connectivity index (χ1n) is 13.0. The number of nitrogens with one attached hydrogen (secondary N) is 1. The van der Waals surface area contributed by atoms with E-state index >= 15 is 0 Å². The molecule has 8 heteroatoms. The molecule has 2 aliphatic carbocycles. The van der Waals surface area contributed by atoms with Gasteiger partial charge in [-0.1, -0.05) is 36.8 Å². The highest BCUT2D eigenvalue weighted by Gasteiger charge is 2.55. The summed E-state index contributed by atoms with van der Waals surface area (Å²) in [7, 11) is 4.29. The zero-order valence-electron chi connectivity index (χ0n) is 21.3. The standard InChI is InChI=1S/C28H36FN5O2/c1-32(2)28(22-9-4-3-5-10-22)14-12-27(13-15-28)20-33(26(36)34(27)18-21-7-6-8-21)19-25(35)31-24-11-16-30-17-23(24)29/h3-5,9-11,16-17,21H,6-8,12-15,18-20H2,1-2H3,(H,30,31,35). The average molecular weight is 494 g/mol. The van der Waals surface area contributed by atoms with E-state index in [0.717, 1.165) is 51.3 Å². The molecule has 1 aromatic carbocycles. The van der Waals surface area contributed by atoms with Crippen LogP contribution < -0.4 is 5.32 Å². The van der Waals surface area contributed by atoms with Gasteiger partial charge in [0.2, 0.25) is 5.91 Å². The van der Waals surface area contributed by atoms with E-state index in [1.54, 1.807) is 4.90 Å². The van der Waals surface area contributed by atoms with Gasteiger partial charge in [-0.05, 0) is 70.2 Å². The highest BCUT2D eigenvalue weighted by Crippen LogP contribution is 2.49. The molecule has 1 aromatic heterocycles. The van der Waals surface area contributed by atoms with E-state index in [4.69, 9.17) is 0 Å². The van der Waals surface area contributed by atoms with Crippen LogP contribution >= 0.6 is 0 Å². The van der Waals surface area contributed by atoms with Crippen LogP contribution in [0, 0.1) is 11.7 Å². The zero-order valence-corrected chi connectivity index (χ0v) is 21.3. The quantitative estimate of drug-likeness (QED) is 0.618. The molecule has 2 heterocycles. The molecule has 0 atom stereocenters.